The predicted octanol–water partition coefficient (Wildman–Crippen LogP) is 1.45. The highest BCUT2D eigenvalue weighted by Gasteiger charge is 2.45. The summed E-state index contributed by atoms with van der Waals surface area (Å²) in [6.45, 7) is 1.32. The van der Waals surface area contributed by atoms with E-state index in [1.165, 1.54) is 40.8 Å². The second-order valence-electron chi connectivity index (χ2n) is 17.0. The highest BCUT2D eigenvalue weighted by atomic mass is 16.6. The van der Waals surface area contributed by atoms with Crippen LogP contribution in [0.3, 0.4) is 0 Å². The molecule has 0 spiro atoms. The number of ether oxygens (including phenoxy) is 3. The summed E-state index contributed by atoms with van der Waals surface area (Å²) in [6, 6.07) is 7.49. The molecular formula is C45H58N10O12. The van der Waals surface area contributed by atoms with Crippen LogP contribution in [-0.4, -0.2) is 164 Å². The fourth-order valence-electron chi connectivity index (χ4n) is 8.31. The van der Waals surface area contributed by atoms with Crippen molar-refractivity contribution < 1.29 is 58.6 Å². The number of rotatable bonds is 18. The van der Waals surface area contributed by atoms with Crippen LogP contribution in [-0.2, 0) is 23.6 Å². The Bertz CT molecular complexity index is 2510. The first-order valence-electron chi connectivity index (χ1n) is 22.0. The lowest BCUT2D eigenvalue weighted by atomic mass is 9.98. The van der Waals surface area contributed by atoms with Crippen LogP contribution in [0.1, 0.15) is 80.2 Å². The number of carbonyl (C=O) groups is 5. The first-order chi connectivity index (χ1) is 32.1. The predicted molar refractivity (Wildman–Crippen MR) is 244 cm³/mol. The molecule has 22 heteroatoms. The van der Waals surface area contributed by atoms with E-state index in [2.05, 4.69) is 26.3 Å². The average Bonchev–Trinajstić information content (AvgIpc) is 4.09. The summed E-state index contributed by atoms with van der Waals surface area (Å²) in [5.41, 5.74) is 1.89. The third kappa shape index (κ3) is 10.9. The number of aliphatic imine (C=N–C) groups is 1. The van der Waals surface area contributed by atoms with E-state index in [1.807, 2.05) is 19.0 Å². The molecule has 0 aliphatic carbocycles. The third-order valence-electron chi connectivity index (χ3n) is 11.8. The van der Waals surface area contributed by atoms with Gasteiger partial charge in [-0.1, -0.05) is 0 Å². The van der Waals surface area contributed by atoms with E-state index in [4.69, 9.17) is 14.2 Å². The standard InChI is InChI=1S/C45H58N10O12/c1-51(2)12-8-11-46-41(61)31-15-25(21-52(31)3)49-42(62)32-16-26(22-53(32)4)50-43(63)33-17-27(23-55(33)45-40(60)39(59)38(58)36(24-56)67-45)48-37(57)10-7-14-66-35-19-30-29(18-34(35)65-5)44(64)54-13-6-9-28(54)20-47-30/h15-23,28,36,38-40,45,56,58-60H,6-14,24H2,1-5H3,(H,46,61)(H,48,57)(H,49,62)(H,50,63)/t28-,36-,38-,39-,40-,45+/m1/s1. The maximum Gasteiger partial charge on any atom is 0.272 e. The summed E-state index contributed by atoms with van der Waals surface area (Å²) in [7, 11) is 8.65. The lowest BCUT2D eigenvalue weighted by Gasteiger charge is -2.40. The van der Waals surface area contributed by atoms with Crippen LogP contribution in [0.5, 0.6) is 11.5 Å². The number of aliphatic hydroxyl groups is 4. The number of aryl methyl sites for hydroxylation is 2. The number of amides is 5. The van der Waals surface area contributed by atoms with E-state index in [0.29, 0.717) is 47.2 Å². The molecule has 8 N–H and O–H groups in total. The molecule has 0 bridgehead atoms. The lowest BCUT2D eigenvalue weighted by Crippen LogP contribution is -2.56. The molecule has 360 valence electrons. The zero-order chi connectivity index (χ0) is 48.1. The Kier molecular flexibility index (Phi) is 15.1. The van der Waals surface area contributed by atoms with Gasteiger partial charge in [0.15, 0.2) is 17.7 Å². The lowest BCUT2D eigenvalue weighted by molar-refractivity contribution is -0.251. The van der Waals surface area contributed by atoms with Crippen molar-refractivity contribution in [2.45, 2.75) is 68.8 Å². The Morgan fingerprint density at radius 2 is 1.49 bits per heavy atom. The smallest absolute Gasteiger partial charge is 0.272 e. The van der Waals surface area contributed by atoms with Crippen molar-refractivity contribution in [3.8, 4) is 11.5 Å². The zero-order valence-corrected chi connectivity index (χ0v) is 38.0. The number of aromatic nitrogens is 3. The molecule has 22 nitrogen and oxygen atoms in total. The number of hydrogen-bond donors (Lipinski definition) is 8. The van der Waals surface area contributed by atoms with Crippen molar-refractivity contribution in [2.24, 2.45) is 19.1 Å². The van der Waals surface area contributed by atoms with E-state index < -0.39 is 55.0 Å². The van der Waals surface area contributed by atoms with Crippen LogP contribution in [0, 0.1) is 0 Å². The van der Waals surface area contributed by atoms with Crippen LogP contribution in [0.25, 0.3) is 0 Å². The van der Waals surface area contributed by atoms with Gasteiger partial charge in [0.1, 0.15) is 41.5 Å². The number of benzene rings is 1. The van der Waals surface area contributed by atoms with Gasteiger partial charge in [-0.2, -0.15) is 0 Å². The summed E-state index contributed by atoms with van der Waals surface area (Å²) < 4.78 is 21.5. The second kappa shape index (κ2) is 20.9. The molecule has 1 aromatic carbocycles. The van der Waals surface area contributed by atoms with Gasteiger partial charge in [0, 0.05) is 64.5 Å². The second-order valence-corrected chi connectivity index (χ2v) is 17.0. The van der Waals surface area contributed by atoms with Crippen molar-refractivity contribution in [2.75, 3.05) is 70.0 Å². The van der Waals surface area contributed by atoms with Crippen molar-refractivity contribution >= 4 is 58.5 Å². The van der Waals surface area contributed by atoms with E-state index in [9.17, 15) is 44.4 Å². The Labute approximate surface area is 386 Å². The Morgan fingerprint density at radius 3 is 2.16 bits per heavy atom. The Morgan fingerprint density at radius 1 is 0.836 bits per heavy atom. The van der Waals surface area contributed by atoms with Gasteiger partial charge in [-0.15, -0.1) is 0 Å². The summed E-state index contributed by atoms with van der Waals surface area (Å²) in [5, 5.41) is 53.1. The summed E-state index contributed by atoms with van der Waals surface area (Å²) in [6.07, 6.45) is 0.887. The van der Waals surface area contributed by atoms with Crippen molar-refractivity contribution in [1.82, 2.24) is 28.8 Å². The van der Waals surface area contributed by atoms with Crippen LogP contribution in [0.15, 0.2) is 53.9 Å². The highest BCUT2D eigenvalue weighted by Crippen LogP contribution is 2.38. The zero-order valence-electron chi connectivity index (χ0n) is 38.0. The van der Waals surface area contributed by atoms with Gasteiger partial charge in [-0.25, -0.2) is 0 Å². The molecule has 3 aliphatic rings. The Hall–Kier alpha value is -6.56. The van der Waals surface area contributed by atoms with Gasteiger partial charge >= 0.3 is 0 Å². The number of methoxy groups -OCH3 is 1. The first kappa shape index (κ1) is 48.4. The van der Waals surface area contributed by atoms with Crippen LogP contribution < -0.4 is 30.7 Å². The van der Waals surface area contributed by atoms with Crippen LogP contribution >= 0.6 is 0 Å². The fourth-order valence-corrected chi connectivity index (χ4v) is 8.31. The van der Waals surface area contributed by atoms with Crippen molar-refractivity contribution in [1.29, 1.82) is 0 Å². The Balaban J connectivity index is 1.01. The number of nitrogens with zero attached hydrogens (tertiary/aromatic N) is 6. The molecule has 3 aromatic heterocycles. The minimum absolute atomic E-state index is 0.0311. The number of aliphatic hydroxyl groups excluding tert-OH is 4. The molecule has 7 rings (SSSR count). The fraction of sp³-hybridized carbons (Fsp3) is 0.467. The van der Waals surface area contributed by atoms with Gasteiger partial charge < -0.3 is 79.4 Å². The van der Waals surface area contributed by atoms with Crippen molar-refractivity contribution in [3.63, 3.8) is 0 Å². The van der Waals surface area contributed by atoms with Gasteiger partial charge in [-0.05, 0) is 70.6 Å². The van der Waals surface area contributed by atoms with E-state index in [0.717, 1.165) is 25.8 Å². The SMILES string of the molecule is COc1cc2c(cc1OCCCC(=O)Nc1cc(C(=O)Nc3cc(C(=O)Nc4cc(C(=O)NCCCN(C)C)n(C)c4)n(C)c3)n([C@H]3O[C@H](CO)[C@@H](O)[C@@H](O)[C@H]3O)c1)N=C[C@H]1CCCN1C2=O. The monoisotopic (exact) mass is 930 g/mol. The van der Waals surface area contributed by atoms with Crippen molar-refractivity contribution in [3.05, 3.63) is 71.6 Å². The molecule has 2 fully saturated rings. The average molecular weight is 931 g/mol. The number of carbonyl (C=O) groups excluding carboxylic acids is 5. The van der Waals surface area contributed by atoms with Gasteiger partial charge in [0.2, 0.25) is 5.91 Å². The highest BCUT2D eigenvalue weighted by molar-refractivity contribution is 6.08. The maximum atomic E-state index is 14.0. The molecule has 67 heavy (non-hydrogen) atoms. The van der Waals surface area contributed by atoms with E-state index in [-0.39, 0.29) is 60.1 Å². The van der Waals surface area contributed by atoms with Gasteiger partial charge in [-0.3, -0.25) is 29.0 Å². The number of nitrogens with one attached hydrogen (secondary N) is 4. The summed E-state index contributed by atoms with van der Waals surface area (Å²) >= 11 is 0. The third-order valence-corrected chi connectivity index (χ3v) is 11.8. The van der Waals surface area contributed by atoms with Crippen LogP contribution in [0.4, 0.5) is 22.7 Å². The van der Waals surface area contributed by atoms with Crippen LogP contribution in [0.2, 0.25) is 0 Å². The number of hydrogen-bond acceptors (Lipinski definition) is 14. The minimum atomic E-state index is -1.77. The maximum absolute atomic E-state index is 14.0. The molecule has 3 aliphatic heterocycles. The summed E-state index contributed by atoms with van der Waals surface area (Å²) in [5.74, 6) is -1.48. The largest absolute Gasteiger partial charge is 0.493 e. The molecule has 2 saturated heterocycles. The molecular weight excluding hydrogens is 873 g/mol. The van der Waals surface area contributed by atoms with E-state index >= 15 is 0 Å². The quantitative estimate of drug-likeness (QED) is 0.0658. The normalized spacial score (nSPS) is 21.1. The molecule has 0 unspecified atom stereocenters. The van der Waals surface area contributed by atoms with Gasteiger partial charge in [0.25, 0.3) is 23.6 Å². The molecule has 4 aromatic rings. The summed E-state index contributed by atoms with van der Waals surface area (Å²) in [4.78, 5) is 75.1. The topological polar surface area (TPSA) is 276 Å². The van der Waals surface area contributed by atoms with Gasteiger partial charge in [0.05, 0.1) is 54.7 Å². The van der Waals surface area contributed by atoms with E-state index in [1.54, 1.807) is 54.2 Å². The minimum Gasteiger partial charge on any atom is -0.493 e. The number of anilines is 3. The molecule has 0 radical (unpaired) electrons. The first-order valence-corrected chi connectivity index (χ1v) is 22.0. The number of fused-ring (bicyclic) bond motifs is 2. The molecule has 5 amide bonds. The molecule has 6 heterocycles. The molecule has 0 saturated carbocycles. The molecule has 6 atom stereocenters.